The lowest BCUT2D eigenvalue weighted by molar-refractivity contribution is 0.0677. The number of carbonyl (C=O) groups excluding carboxylic acids is 2. The molecule has 1 aliphatic heterocycles. The van der Waals surface area contributed by atoms with Crippen LogP contribution in [0, 0.1) is 5.92 Å². The number of nitrogens with two attached hydrogens (primary N) is 1. The second-order valence-electron chi connectivity index (χ2n) is 6.87. The molecule has 0 spiro atoms. The number of likely N-dealkylation sites (tertiary alicyclic amines) is 1. The molecule has 1 aliphatic rings. The van der Waals surface area contributed by atoms with Crippen molar-refractivity contribution < 1.29 is 9.59 Å². The summed E-state index contributed by atoms with van der Waals surface area (Å²) in [5.41, 5.74) is 7.38. The Bertz CT molecular complexity index is 798. The number of hydrogen-bond acceptors (Lipinski definition) is 3. The van der Waals surface area contributed by atoms with Crippen LogP contribution in [0.2, 0.25) is 5.02 Å². The molecule has 27 heavy (non-hydrogen) atoms. The lowest BCUT2D eigenvalue weighted by Crippen LogP contribution is -2.42. The SMILES string of the molecule is CC(N)C1CCN(C(=O)c2ccccc2C(=O)c2ccc(Cl)cc2)CC1.Cl. The number of ketones is 1. The first-order valence-corrected chi connectivity index (χ1v) is 9.29. The molecule has 1 amide bonds. The van der Waals surface area contributed by atoms with Crippen molar-refractivity contribution in [1.82, 2.24) is 4.90 Å². The highest BCUT2D eigenvalue weighted by Crippen LogP contribution is 2.23. The monoisotopic (exact) mass is 406 g/mol. The highest BCUT2D eigenvalue weighted by molar-refractivity contribution is 6.30. The summed E-state index contributed by atoms with van der Waals surface area (Å²) in [4.78, 5) is 27.7. The zero-order chi connectivity index (χ0) is 18.7. The summed E-state index contributed by atoms with van der Waals surface area (Å²) in [6, 6.07) is 13.9. The highest BCUT2D eigenvalue weighted by Gasteiger charge is 2.27. The van der Waals surface area contributed by atoms with Crippen molar-refractivity contribution >= 4 is 35.7 Å². The Kier molecular flexibility index (Phi) is 7.42. The molecule has 1 saturated heterocycles. The van der Waals surface area contributed by atoms with Crippen molar-refractivity contribution in [3.8, 4) is 0 Å². The number of halogens is 2. The molecule has 0 aromatic heterocycles. The van der Waals surface area contributed by atoms with Crippen molar-refractivity contribution in [2.45, 2.75) is 25.8 Å². The third kappa shape index (κ3) is 4.89. The van der Waals surface area contributed by atoms with E-state index < -0.39 is 0 Å². The molecule has 1 atom stereocenters. The fourth-order valence-electron chi connectivity index (χ4n) is 3.42. The minimum Gasteiger partial charge on any atom is -0.339 e. The van der Waals surface area contributed by atoms with Crippen LogP contribution in [0.1, 0.15) is 46.0 Å². The van der Waals surface area contributed by atoms with E-state index in [-0.39, 0.29) is 30.1 Å². The van der Waals surface area contributed by atoms with Gasteiger partial charge < -0.3 is 10.6 Å². The second kappa shape index (κ2) is 9.36. The van der Waals surface area contributed by atoms with Gasteiger partial charge in [-0.15, -0.1) is 12.4 Å². The van der Waals surface area contributed by atoms with E-state index in [1.807, 2.05) is 11.8 Å². The maximum Gasteiger partial charge on any atom is 0.254 e. The van der Waals surface area contributed by atoms with Crippen LogP contribution in [0.25, 0.3) is 0 Å². The van der Waals surface area contributed by atoms with E-state index in [4.69, 9.17) is 17.3 Å². The molecule has 2 N–H and O–H groups in total. The molecule has 4 nitrogen and oxygen atoms in total. The Morgan fingerprint density at radius 3 is 2.15 bits per heavy atom. The molecule has 3 rings (SSSR count). The zero-order valence-corrected chi connectivity index (χ0v) is 16.8. The quantitative estimate of drug-likeness (QED) is 0.773. The van der Waals surface area contributed by atoms with Gasteiger partial charge in [0, 0.05) is 35.3 Å². The molecular weight excluding hydrogens is 383 g/mol. The van der Waals surface area contributed by atoms with Crippen LogP contribution >= 0.6 is 24.0 Å². The molecule has 1 fully saturated rings. The first kappa shape index (κ1) is 21.4. The number of rotatable bonds is 4. The van der Waals surface area contributed by atoms with E-state index >= 15 is 0 Å². The number of hydrogen-bond donors (Lipinski definition) is 1. The zero-order valence-electron chi connectivity index (χ0n) is 15.2. The third-order valence-electron chi connectivity index (χ3n) is 5.08. The van der Waals surface area contributed by atoms with Gasteiger partial charge in [-0.2, -0.15) is 0 Å². The Labute approximate surface area is 171 Å². The van der Waals surface area contributed by atoms with Crippen LogP contribution in [0.3, 0.4) is 0 Å². The Morgan fingerprint density at radius 2 is 1.59 bits per heavy atom. The molecule has 1 heterocycles. The smallest absolute Gasteiger partial charge is 0.254 e. The fourth-order valence-corrected chi connectivity index (χ4v) is 3.55. The third-order valence-corrected chi connectivity index (χ3v) is 5.33. The van der Waals surface area contributed by atoms with Crippen LogP contribution < -0.4 is 5.73 Å². The molecule has 0 saturated carbocycles. The van der Waals surface area contributed by atoms with Crippen molar-refractivity contribution in [1.29, 1.82) is 0 Å². The molecule has 0 bridgehead atoms. The average Bonchev–Trinajstić information content (AvgIpc) is 2.67. The van der Waals surface area contributed by atoms with E-state index in [0.29, 0.717) is 40.7 Å². The predicted molar refractivity (Wildman–Crippen MR) is 111 cm³/mol. The van der Waals surface area contributed by atoms with Crippen molar-refractivity contribution in [2.24, 2.45) is 11.7 Å². The maximum atomic E-state index is 13.0. The minimum atomic E-state index is -0.170. The molecule has 2 aromatic carbocycles. The molecular formula is C21H24Cl2N2O2. The molecule has 144 valence electrons. The summed E-state index contributed by atoms with van der Waals surface area (Å²) in [6.07, 6.45) is 1.80. The van der Waals surface area contributed by atoms with Crippen LogP contribution in [0.4, 0.5) is 0 Å². The standard InChI is InChI=1S/C21H23ClN2O2.ClH/c1-14(23)15-10-12-24(13-11-15)21(26)19-5-3-2-4-18(19)20(25)16-6-8-17(22)9-7-16;/h2-9,14-15H,10-13,23H2,1H3;1H. The molecule has 0 radical (unpaired) electrons. The molecule has 1 unspecified atom stereocenters. The van der Waals surface area contributed by atoms with Gasteiger partial charge in [-0.3, -0.25) is 9.59 Å². The van der Waals surface area contributed by atoms with Gasteiger partial charge >= 0.3 is 0 Å². The average molecular weight is 407 g/mol. The van der Waals surface area contributed by atoms with Gasteiger partial charge in [-0.1, -0.05) is 29.8 Å². The summed E-state index contributed by atoms with van der Waals surface area (Å²) in [5, 5.41) is 0.572. The number of piperidine rings is 1. The van der Waals surface area contributed by atoms with Crippen LogP contribution in [-0.2, 0) is 0 Å². The number of nitrogens with zero attached hydrogens (tertiary/aromatic N) is 1. The van der Waals surface area contributed by atoms with Crippen LogP contribution in [0.5, 0.6) is 0 Å². The lowest BCUT2D eigenvalue weighted by Gasteiger charge is -2.34. The van der Waals surface area contributed by atoms with E-state index in [1.165, 1.54) is 0 Å². The molecule has 2 aromatic rings. The number of carbonyl (C=O) groups is 2. The van der Waals surface area contributed by atoms with Gasteiger partial charge in [-0.25, -0.2) is 0 Å². The van der Waals surface area contributed by atoms with Crippen molar-refractivity contribution in [3.63, 3.8) is 0 Å². The van der Waals surface area contributed by atoms with Crippen molar-refractivity contribution in [3.05, 3.63) is 70.2 Å². The van der Waals surface area contributed by atoms with E-state index in [0.717, 1.165) is 12.8 Å². The van der Waals surface area contributed by atoms with E-state index in [2.05, 4.69) is 0 Å². The topological polar surface area (TPSA) is 63.4 Å². The Balaban J connectivity index is 0.00000261. The Morgan fingerprint density at radius 1 is 1.04 bits per heavy atom. The first-order valence-electron chi connectivity index (χ1n) is 8.91. The van der Waals surface area contributed by atoms with E-state index in [9.17, 15) is 9.59 Å². The first-order chi connectivity index (χ1) is 12.5. The maximum absolute atomic E-state index is 13.0. The van der Waals surface area contributed by atoms with Gasteiger partial charge in [0.25, 0.3) is 5.91 Å². The van der Waals surface area contributed by atoms with Gasteiger partial charge in [0.2, 0.25) is 0 Å². The Hall–Kier alpha value is -1.88. The van der Waals surface area contributed by atoms with Gasteiger partial charge in [0.15, 0.2) is 5.78 Å². The van der Waals surface area contributed by atoms with E-state index in [1.54, 1.807) is 48.5 Å². The fraction of sp³-hybridized carbons (Fsp3) is 0.333. The van der Waals surface area contributed by atoms with Gasteiger partial charge in [0.05, 0.1) is 5.56 Å². The minimum absolute atomic E-state index is 0. The summed E-state index contributed by atoms with van der Waals surface area (Å²) < 4.78 is 0. The summed E-state index contributed by atoms with van der Waals surface area (Å²) in [7, 11) is 0. The summed E-state index contributed by atoms with van der Waals surface area (Å²) in [6.45, 7) is 3.37. The molecule has 6 heteroatoms. The largest absolute Gasteiger partial charge is 0.339 e. The summed E-state index contributed by atoms with van der Waals surface area (Å²) >= 11 is 5.90. The predicted octanol–water partition coefficient (Wildman–Crippen LogP) is 4.19. The van der Waals surface area contributed by atoms with Crippen LogP contribution in [-0.4, -0.2) is 35.7 Å². The van der Waals surface area contributed by atoms with Crippen molar-refractivity contribution in [2.75, 3.05) is 13.1 Å². The normalized spacial score (nSPS) is 15.7. The molecule has 0 aliphatic carbocycles. The lowest BCUT2D eigenvalue weighted by atomic mass is 9.90. The van der Waals surface area contributed by atoms with Gasteiger partial charge in [0.1, 0.15) is 0 Å². The number of amides is 1. The van der Waals surface area contributed by atoms with Gasteiger partial charge in [-0.05, 0) is 56.0 Å². The summed E-state index contributed by atoms with van der Waals surface area (Å²) in [5.74, 6) is 0.187. The van der Waals surface area contributed by atoms with Crippen LogP contribution in [0.15, 0.2) is 48.5 Å². The number of benzene rings is 2. The highest BCUT2D eigenvalue weighted by atomic mass is 35.5. The second-order valence-corrected chi connectivity index (χ2v) is 7.31.